The number of hydrogen-bond donors (Lipinski definition) is 0. The van der Waals surface area contributed by atoms with Crippen LogP contribution in [0.5, 0.6) is 0 Å². The van der Waals surface area contributed by atoms with Crippen molar-refractivity contribution in [3.63, 3.8) is 0 Å². The minimum atomic E-state index is -1.88. The summed E-state index contributed by atoms with van der Waals surface area (Å²) < 4.78 is 1.91. The standard InChI is InChI=1S/2C11H11.C2H4.2ClH.Hf/c2*1-8-6-7-9(2)11-5-3-4-10(8)11;1-2;;;/h2*3-7H,1-2H3;1H,2H3;2*1H;/q2*-1;;;;+2/p-2. The fourth-order valence-electron chi connectivity index (χ4n) is 3.07. The van der Waals surface area contributed by atoms with Gasteiger partial charge in [0.15, 0.2) is 0 Å². The minimum absolute atomic E-state index is 1.37. The summed E-state index contributed by atoms with van der Waals surface area (Å²) in [7, 11) is 10.8. The summed E-state index contributed by atoms with van der Waals surface area (Å²) in [5.74, 6) is 0. The van der Waals surface area contributed by atoms with Crippen LogP contribution in [0, 0.1) is 27.7 Å². The summed E-state index contributed by atoms with van der Waals surface area (Å²) >= 11 is -1.88. The van der Waals surface area contributed by atoms with Gasteiger partial charge >= 0.3 is 46.4 Å². The van der Waals surface area contributed by atoms with Crippen molar-refractivity contribution < 1.29 is 18.6 Å². The van der Waals surface area contributed by atoms with Crippen molar-refractivity contribution in [3.05, 3.63) is 82.9 Å². The molecule has 3 heteroatoms. The van der Waals surface area contributed by atoms with Gasteiger partial charge in [0.25, 0.3) is 0 Å². The Morgan fingerprint density at radius 1 is 0.667 bits per heavy atom. The van der Waals surface area contributed by atoms with Crippen molar-refractivity contribution in [3.8, 4) is 0 Å². The molecule has 4 aromatic rings. The molecule has 0 aliphatic heterocycles. The zero-order chi connectivity index (χ0) is 20.0. The number of benzene rings is 2. The van der Waals surface area contributed by atoms with Gasteiger partial charge in [-0.1, -0.05) is 37.1 Å². The van der Waals surface area contributed by atoms with E-state index >= 15 is 0 Å². The molecule has 27 heavy (non-hydrogen) atoms. The molecule has 0 aromatic heterocycles. The van der Waals surface area contributed by atoms with Crippen molar-refractivity contribution in [1.29, 1.82) is 0 Å². The van der Waals surface area contributed by atoms with E-state index in [0.29, 0.717) is 0 Å². The van der Waals surface area contributed by atoms with Gasteiger partial charge in [0.05, 0.1) is 0 Å². The molecular weight excluding hydrogens is 538 g/mol. The van der Waals surface area contributed by atoms with Gasteiger partial charge in [-0.05, 0) is 13.8 Å². The van der Waals surface area contributed by atoms with Crippen LogP contribution in [-0.4, -0.2) is 3.76 Å². The molecule has 4 aromatic carbocycles. The second-order valence-corrected chi connectivity index (χ2v) is 19.1. The second-order valence-electron chi connectivity index (χ2n) is 6.68. The molecule has 0 unspecified atom stereocenters. The Balaban J connectivity index is 0.000000157. The van der Waals surface area contributed by atoms with E-state index in [0.717, 1.165) is 0 Å². The summed E-state index contributed by atoms with van der Waals surface area (Å²) in [6.07, 6.45) is 0. The molecule has 0 N–H and O–H groups in total. The number of rotatable bonds is 0. The zero-order valence-electron chi connectivity index (χ0n) is 16.6. The fraction of sp³-hybridized carbons (Fsp3) is 0.208. The Morgan fingerprint density at radius 2 is 1.00 bits per heavy atom. The van der Waals surface area contributed by atoms with Crippen LogP contribution in [0.15, 0.2) is 60.7 Å². The Bertz CT molecular complexity index is 897. The molecule has 0 nitrogen and oxygen atoms in total. The van der Waals surface area contributed by atoms with Crippen LogP contribution in [0.25, 0.3) is 21.5 Å². The largest absolute Gasteiger partial charge is 0.168 e. The summed E-state index contributed by atoms with van der Waals surface area (Å²) in [6, 6.07) is 21.7. The first kappa shape index (κ1) is 22.3. The molecule has 0 amide bonds. The van der Waals surface area contributed by atoms with Crippen molar-refractivity contribution in [2.24, 2.45) is 0 Å². The molecule has 0 spiro atoms. The SMILES string of the molecule is C[CH]=[Hf]([Cl])[Cl].Cc1ccc(C)c2[cH-]ccc12.Cc1ccc(C)c2[cH-]ccc12. The van der Waals surface area contributed by atoms with Crippen LogP contribution < -0.4 is 0 Å². The van der Waals surface area contributed by atoms with Gasteiger partial charge in [-0.15, -0.1) is 56.9 Å². The Hall–Kier alpha value is -1.02. The van der Waals surface area contributed by atoms with Crippen molar-refractivity contribution in [1.82, 2.24) is 0 Å². The second kappa shape index (κ2) is 10.5. The molecule has 0 fully saturated rings. The molecule has 142 valence electrons. The molecular formula is C24H26Cl2Hf-2. The molecule has 0 radical (unpaired) electrons. The van der Waals surface area contributed by atoms with Gasteiger partial charge in [-0.2, -0.15) is 24.3 Å². The van der Waals surface area contributed by atoms with E-state index in [1.165, 1.54) is 43.8 Å². The van der Waals surface area contributed by atoms with Gasteiger partial charge in [-0.25, -0.2) is 0 Å². The summed E-state index contributed by atoms with van der Waals surface area (Å²) in [6.45, 7) is 10.5. The maximum Gasteiger partial charge on any atom is -0.0488 e. The number of fused-ring (bicyclic) bond motifs is 2. The maximum absolute atomic E-state index is 5.39. The Kier molecular flexibility index (Phi) is 8.66. The Labute approximate surface area is 177 Å². The third-order valence-corrected chi connectivity index (χ3v) is 9.86. The summed E-state index contributed by atoms with van der Waals surface area (Å²) in [5.41, 5.74) is 5.48. The Morgan fingerprint density at radius 3 is 1.30 bits per heavy atom. The third kappa shape index (κ3) is 5.98. The molecule has 0 saturated heterocycles. The van der Waals surface area contributed by atoms with E-state index in [4.69, 9.17) is 17.2 Å². The minimum Gasteiger partial charge on any atom is -0.168 e. The van der Waals surface area contributed by atoms with Crippen LogP contribution in [0.2, 0.25) is 0 Å². The van der Waals surface area contributed by atoms with E-state index in [2.05, 4.69) is 88.4 Å². The van der Waals surface area contributed by atoms with Gasteiger partial charge < -0.3 is 0 Å². The first-order chi connectivity index (χ1) is 12.8. The molecule has 0 atom stereocenters. The van der Waals surface area contributed by atoms with Gasteiger partial charge in [-0.3, -0.25) is 0 Å². The number of aryl methyl sites for hydroxylation is 4. The van der Waals surface area contributed by atoms with Crippen molar-refractivity contribution in [2.45, 2.75) is 34.6 Å². The smallest absolute Gasteiger partial charge is 0.0488 e. The maximum atomic E-state index is 5.39. The van der Waals surface area contributed by atoms with E-state index in [-0.39, 0.29) is 0 Å². The van der Waals surface area contributed by atoms with Crippen molar-refractivity contribution in [2.75, 3.05) is 0 Å². The summed E-state index contributed by atoms with van der Waals surface area (Å²) in [4.78, 5) is 0. The molecule has 0 heterocycles. The molecule has 0 saturated carbocycles. The average molecular weight is 564 g/mol. The molecule has 0 bridgehead atoms. The number of halogens is 2. The zero-order valence-corrected chi connectivity index (χ0v) is 21.7. The average Bonchev–Trinajstić information content (AvgIpc) is 3.33. The predicted molar refractivity (Wildman–Crippen MR) is 121 cm³/mol. The van der Waals surface area contributed by atoms with Crippen LogP contribution in [-0.2, 0) is 18.6 Å². The summed E-state index contributed by atoms with van der Waals surface area (Å²) in [5, 5.41) is 5.57. The normalized spacial score (nSPS) is 10.0. The van der Waals surface area contributed by atoms with E-state index in [1.807, 2.05) is 10.7 Å². The van der Waals surface area contributed by atoms with Gasteiger partial charge in [0, 0.05) is 0 Å². The van der Waals surface area contributed by atoms with E-state index in [1.54, 1.807) is 0 Å². The first-order valence-electron chi connectivity index (χ1n) is 9.05. The van der Waals surface area contributed by atoms with Crippen LogP contribution in [0.3, 0.4) is 0 Å². The third-order valence-electron chi connectivity index (χ3n) is 4.72. The van der Waals surface area contributed by atoms with Crippen LogP contribution in [0.4, 0.5) is 0 Å². The van der Waals surface area contributed by atoms with Gasteiger partial charge in [0.1, 0.15) is 0 Å². The monoisotopic (exact) mass is 564 g/mol. The first-order valence-corrected chi connectivity index (χ1v) is 20.0. The molecule has 0 aliphatic carbocycles. The predicted octanol–water partition coefficient (Wildman–Crippen LogP) is 8.09. The molecule has 4 rings (SSSR count). The van der Waals surface area contributed by atoms with Gasteiger partial charge in [0.2, 0.25) is 0 Å². The van der Waals surface area contributed by atoms with Crippen molar-refractivity contribution >= 4 is 42.5 Å². The van der Waals surface area contributed by atoms with Crippen LogP contribution in [0.1, 0.15) is 29.2 Å². The quantitative estimate of drug-likeness (QED) is 0.150. The van der Waals surface area contributed by atoms with E-state index < -0.39 is 18.6 Å². The van der Waals surface area contributed by atoms with E-state index in [9.17, 15) is 0 Å². The van der Waals surface area contributed by atoms with Crippen LogP contribution >= 0.6 is 17.2 Å². The molecule has 0 aliphatic rings. The topological polar surface area (TPSA) is 0 Å². The fourth-order valence-corrected chi connectivity index (χ4v) is 3.07. The number of hydrogen-bond acceptors (Lipinski definition) is 0.